The minimum absolute atomic E-state index is 0. The Hall–Kier alpha value is -1.97. The van der Waals surface area contributed by atoms with E-state index in [1.807, 2.05) is 18.2 Å². The fourth-order valence-electron chi connectivity index (χ4n) is 1.81. The van der Waals surface area contributed by atoms with Crippen molar-refractivity contribution in [3.8, 4) is 11.5 Å². The summed E-state index contributed by atoms with van der Waals surface area (Å²) in [6.07, 6.45) is 1.72. The summed E-state index contributed by atoms with van der Waals surface area (Å²) in [7, 11) is 6.63. The lowest BCUT2D eigenvalue weighted by atomic mass is 10.2. The zero-order valence-corrected chi connectivity index (χ0v) is 17.5. The number of aliphatic imine (C=N–C) groups is 1. The number of amides is 1. The van der Waals surface area contributed by atoms with Crippen LogP contribution >= 0.6 is 24.0 Å². The van der Waals surface area contributed by atoms with Gasteiger partial charge < -0.3 is 25.0 Å². The van der Waals surface area contributed by atoms with E-state index in [0.29, 0.717) is 24.8 Å². The average molecular weight is 462 g/mol. The van der Waals surface area contributed by atoms with E-state index in [1.165, 1.54) is 4.90 Å². The zero-order chi connectivity index (χ0) is 17.9. The van der Waals surface area contributed by atoms with Crippen LogP contribution in [0.25, 0.3) is 0 Å². The molecule has 0 aliphatic rings. The van der Waals surface area contributed by atoms with Crippen LogP contribution in [-0.4, -0.2) is 58.2 Å². The molecule has 0 saturated heterocycles. The lowest BCUT2D eigenvalue weighted by Gasteiger charge is -2.14. The molecule has 0 unspecified atom stereocenters. The fourth-order valence-corrected chi connectivity index (χ4v) is 1.81. The third-order valence-electron chi connectivity index (χ3n) is 3.22. The highest BCUT2D eigenvalue weighted by Gasteiger charge is 2.07. The van der Waals surface area contributed by atoms with Crippen LogP contribution in [0.5, 0.6) is 11.5 Å². The summed E-state index contributed by atoms with van der Waals surface area (Å²) < 4.78 is 10.5. The molecule has 7 nitrogen and oxygen atoms in total. The highest BCUT2D eigenvalue weighted by molar-refractivity contribution is 14.0. The zero-order valence-electron chi connectivity index (χ0n) is 15.2. The molecule has 0 spiro atoms. The lowest BCUT2D eigenvalue weighted by Crippen LogP contribution is -2.43. The van der Waals surface area contributed by atoms with Crippen molar-refractivity contribution in [2.45, 2.75) is 6.54 Å². The summed E-state index contributed by atoms with van der Waals surface area (Å²) in [6.45, 7) is 4.77. The van der Waals surface area contributed by atoms with Gasteiger partial charge in [0.1, 0.15) is 11.5 Å². The first-order valence-corrected chi connectivity index (χ1v) is 7.56. The number of methoxy groups -OCH3 is 2. The molecule has 0 aliphatic heterocycles. The largest absolute Gasteiger partial charge is 0.497 e. The first-order valence-electron chi connectivity index (χ1n) is 7.56. The van der Waals surface area contributed by atoms with Crippen LogP contribution in [0.1, 0.15) is 5.56 Å². The van der Waals surface area contributed by atoms with Crippen molar-refractivity contribution in [1.82, 2.24) is 15.5 Å². The molecule has 0 radical (unpaired) electrons. The second kappa shape index (κ2) is 12.4. The van der Waals surface area contributed by atoms with Crippen molar-refractivity contribution >= 4 is 35.8 Å². The maximum atomic E-state index is 11.7. The maximum absolute atomic E-state index is 11.7. The van der Waals surface area contributed by atoms with E-state index < -0.39 is 0 Å². The number of carbonyl (C=O) groups excluding carboxylic acids is 1. The SMILES string of the molecule is C=CCNC(=NCc1ccc(OC)cc1OC)NCC(=O)N(C)C.I. The van der Waals surface area contributed by atoms with Gasteiger partial charge in [0.2, 0.25) is 5.91 Å². The standard InChI is InChI=1S/C17H26N4O3.HI/c1-6-9-18-17(20-12-16(22)21(2)3)19-11-13-7-8-14(23-4)10-15(13)24-5;/h6-8,10H,1,9,11-12H2,2-5H3,(H2,18,19,20);1H. The number of likely N-dealkylation sites (N-methyl/N-ethyl adjacent to an activating group) is 1. The Balaban J connectivity index is 0.00000576. The summed E-state index contributed by atoms with van der Waals surface area (Å²) in [5, 5.41) is 6.08. The minimum atomic E-state index is -0.0369. The van der Waals surface area contributed by atoms with E-state index in [0.717, 1.165) is 11.3 Å². The van der Waals surface area contributed by atoms with Crippen molar-refractivity contribution in [1.29, 1.82) is 0 Å². The van der Waals surface area contributed by atoms with E-state index in [4.69, 9.17) is 9.47 Å². The van der Waals surface area contributed by atoms with Gasteiger partial charge in [0, 0.05) is 32.3 Å². The molecule has 1 rings (SSSR count). The third-order valence-corrected chi connectivity index (χ3v) is 3.22. The van der Waals surface area contributed by atoms with Gasteiger partial charge in [-0.15, -0.1) is 30.6 Å². The maximum Gasteiger partial charge on any atom is 0.241 e. The number of nitrogens with one attached hydrogen (secondary N) is 2. The van der Waals surface area contributed by atoms with E-state index >= 15 is 0 Å². The normalized spacial score (nSPS) is 10.3. The molecule has 0 fully saturated rings. The number of benzene rings is 1. The first-order chi connectivity index (χ1) is 11.5. The summed E-state index contributed by atoms with van der Waals surface area (Å²) >= 11 is 0. The Kier molecular flexibility index (Phi) is 11.4. The van der Waals surface area contributed by atoms with Crippen LogP contribution in [0.15, 0.2) is 35.8 Å². The van der Waals surface area contributed by atoms with Gasteiger partial charge in [-0.1, -0.05) is 6.08 Å². The molecule has 0 aliphatic carbocycles. The second-order valence-electron chi connectivity index (χ2n) is 5.15. The van der Waals surface area contributed by atoms with E-state index in [9.17, 15) is 4.79 Å². The average Bonchev–Trinajstić information content (AvgIpc) is 2.60. The van der Waals surface area contributed by atoms with Crippen LogP contribution < -0.4 is 20.1 Å². The van der Waals surface area contributed by atoms with Gasteiger partial charge in [-0.2, -0.15) is 0 Å². The summed E-state index contributed by atoms with van der Waals surface area (Å²) in [4.78, 5) is 17.7. The number of rotatable bonds is 8. The van der Waals surface area contributed by atoms with E-state index in [2.05, 4.69) is 22.2 Å². The highest BCUT2D eigenvalue weighted by Crippen LogP contribution is 2.25. The number of halogens is 1. The molecule has 0 atom stereocenters. The third kappa shape index (κ3) is 8.10. The van der Waals surface area contributed by atoms with Gasteiger partial charge in [-0.25, -0.2) is 4.99 Å². The molecule has 0 bridgehead atoms. The molecular formula is C17H27IN4O3. The summed E-state index contributed by atoms with van der Waals surface area (Å²) in [5.41, 5.74) is 0.914. The van der Waals surface area contributed by atoms with E-state index in [-0.39, 0.29) is 36.4 Å². The Morgan fingerprint density at radius 2 is 2.00 bits per heavy atom. The quantitative estimate of drug-likeness (QED) is 0.266. The molecule has 0 aromatic heterocycles. The topological polar surface area (TPSA) is 75.2 Å². The first kappa shape index (κ1) is 23.0. The predicted molar refractivity (Wildman–Crippen MR) is 111 cm³/mol. The molecular weight excluding hydrogens is 435 g/mol. The molecule has 1 amide bonds. The molecule has 0 saturated carbocycles. The van der Waals surface area contributed by atoms with Gasteiger partial charge in [-0.3, -0.25) is 4.79 Å². The lowest BCUT2D eigenvalue weighted by molar-refractivity contribution is -0.127. The highest BCUT2D eigenvalue weighted by atomic mass is 127. The summed E-state index contributed by atoms with van der Waals surface area (Å²) in [6, 6.07) is 5.56. The smallest absolute Gasteiger partial charge is 0.241 e. The van der Waals surface area contributed by atoms with Crippen LogP contribution in [-0.2, 0) is 11.3 Å². The van der Waals surface area contributed by atoms with Crippen molar-refractivity contribution in [2.24, 2.45) is 4.99 Å². The predicted octanol–water partition coefficient (Wildman–Crippen LogP) is 1.63. The van der Waals surface area contributed by atoms with Gasteiger partial charge in [-0.05, 0) is 12.1 Å². The molecule has 8 heteroatoms. The van der Waals surface area contributed by atoms with Crippen molar-refractivity contribution in [3.63, 3.8) is 0 Å². The number of carbonyl (C=O) groups is 1. The number of hydrogen-bond acceptors (Lipinski definition) is 4. The van der Waals surface area contributed by atoms with Crippen molar-refractivity contribution in [3.05, 3.63) is 36.4 Å². The molecule has 1 aromatic carbocycles. The van der Waals surface area contributed by atoms with Crippen LogP contribution in [0.4, 0.5) is 0 Å². The summed E-state index contributed by atoms with van der Waals surface area (Å²) in [5.74, 6) is 1.91. The van der Waals surface area contributed by atoms with Gasteiger partial charge in [0.05, 0.1) is 27.3 Å². The van der Waals surface area contributed by atoms with Crippen molar-refractivity contribution in [2.75, 3.05) is 41.4 Å². The van der Waals surface area contributed by atoms with Crippen molar-refractivity contribution < 1.29 is 14.3 Å². The van der Waals surface area contributed by atoms with Gasteiger partial charge in [0.15, 0.2) is 5.96 Å². The Morgan fingerprint density at radius 3 is 2.56 bits per heavy atom. The fraction of sp³-hybridized carbons (Fsp3) is 0.412. The number of nitrogens with zero attached hydrogens (tertiary/aromatic N) is 2. The van der Waals surface area contributed by atoms with Gasteiger partial charge >= 0.3 is 0 Å². The molecule has 1 aromatic rings. The number of guanidine groups is 1. The van der Waals surface area contributed by atoms with Crippen LogP contribution in [0.3, 0.4) is 0 Å². The van der Waals surface area contributed by atoms with Crippen LogP contribution in [0, 0.1) is 0 Å². The number of hydrogen-bond donors (Lipinski definition) is 2. The molecule has 25 heavy (non-hydrogen) atoms. The van der Waals surface area contributed by atoms with Crippen LogP contribution in [0.2, 0.25) is 0 Å². The Morgan fingerprint density at radius 1 is 1.28 bits per heavy atom. The number of ether oxygens (including phenoxy) is 2. The molecule has 140 valence electrons. The van der Waals surface area contributed by atoms with E-state index in [1.54, 1.807) is 34.4 Å². The minimum Gasteiger partial charge on any atom is -0.497 e. The monoisotopic (exact) mass is 462 g/mol. The van der Waals surface area contributed by atoms with Gasteiger partial charge in [0.25, 0.3) is 0 Å². The Labute approximate surface area is 166 Å². The molecule has 0 heterocycles. The second-order valence-corrected chi connectivity index (χ2v) is 5.15. The molecule has 2 N–H and O–H groups in total. The Bertz CT molecular complexity index is 591.